The Bertz CT molecular complexity index is 240. The zero-order valence-electron chi connectivity index (χ0n) is 11.8. The summed E-state index contributed by atoms with van der Waals surface area (Å²) in [5.41, 5.74) is 0. The summed E-state index contributed by atoms with van der Waals surface area (Å²) in [5.74, 6) is -0.421. The predicted molar refractivity (Wildman–Crippen MR) is 71.3 cm³/mol. The average molecular weight is 258 g/mol. The van der Waals surface area contributed by atoms with Crippen LogP contribution in [0.4, 0.5) is 0 Å². The van der Waals surface area contributed by atoms with Gasteiger partial charge in [-0.1, -0.05) is 13.8 Å². The standard InChI is InChI=1S/C13H26N2O3/c1-4-15(5-2)11-7-6-10-14-12(16)8-9-13(17)18-3/h4-11H2,1-3H3,(H,14,16). The van der Waals surface area contributed by atoms with Crippen LogP contribution in [0.1, 0.15) is 39.5 Å². The Kier molecular flexibility index (Phi) is 10.3. The smallest absolute Gasteiger partial charge is 0.306 e. The van der Waals surface area contributed by atoms with E-state index in [1.54, 1.807) is 0 Å². The number of hydrogen-bond acceptors (Lipinski definition) is 4. The molecule has 0 aromatic rings. The third-order valence-electron chi connectivity index (χ3n) is 2.90. The molecule has 1 amide bonds. The average Bonchev–Trinajstić information content (AvgIpc) is 2.40. The molecule has 0 aromatic heterocycles. The molecule has 106 valence electrons. The first-order valence-corrected chi connectivity index (χ1v) is 6.69. The van der Waals surface area contributed by atoms with E-state index in [2.05, 4.69) is 28.8 Å². The highest BCUT2D eigenvalue weighted by molar-refractivity contribution is 5.81. The third-order valence-corrected chi connectivity index (χ3v) is 2.90. The fraction of sp³-hybridized carbons (Fsp3) is 0.846. The number of carbonyl (C=O) groups is 2. The van der Waals surface area contributed by atoms with Crippen molar-refractivity contribution < 1.29 is 14.3 Å². The lowest BCUT2D eigenvalue weighted by Crippen LogP contribution is -2.27. The highest BCUT2D eigenvalue weighted by Crippen LogP contribution is 1.95. The molecule has 0 atom stereocenters. The number of amides is 1. The van der Waals surface area contributed by atoms with Gasteiger partial charge in [0.05, 0.1) is 13.5 Å². The Balaban J connectivity index is 3.43. The third kappa shape index (κ3) is 8.98. The minimum absolute atomic E-state index is 0.0803. The predicted octanol–water partition coefficient (Wildman–Crippen LogP) is 1.18. The molecule has 0 bridgehead atoms. The van der Waals surface area contributed by atoms with Crippen molar-refractivity contribution in [1.29, 1.82) is 0 Å². The highest BCUT2D eigenvalue weighted by atomic mass is 16.5. The Morgan fingerprint density at radius 1 is 1.11 bits per heavy atom. The van der Waals surface area contributed by atoms with E-state index in [4.69, 9.17) is 0 Å². The minimum Gasteiger partial charge on any atom is -0.469 e. The zero-order valence-corrected chi connectivity index (χ0v) is 11.8. The quantitative estimate of drug-likeness (QED) is 0.472. The number of methoxy groups -OCH3 is 1. The Labute approximate surface area is 110 Å². The monoisotopic (exact) mass is 258 g/mol. The van der Waals surface area contributed by atoms with E-state index in [-0.39, 0.29) is 24.7 Å². The van der Waals surface area contributed by atoms with Gasteiger partial charge in [0.15, 0.2) is 0 Å². The molecular weight excluding hydrogens is 232 g/mol. The van der Waals surface area contributed by atoms with Crippen molar-refractivity contribution in [1.82, 2.24) is 10.2 Å². The molecule has 0 aliphatic carbocycles. The lowest BCUT2D eigenvalue weighted by atomic mass is 10.2. The maximum absolute atomic E-state index is 11.3. The van der Waals surface area contributed by atoms with Gasteiger partial charge in [-0.3, -0.25) is 9.59 Å². The van der Waals surface area contributed by atoms with Gasteiger partial charge in [-0.2, -0.15) is 0 Å². The van der Waals surface area contributed by atoms with Crippen molar-refractivity contribution in [2.45, 2.75) is 39.5 Å². The summed E-state index contributed by atoms with van der Waals surface area (Å²) in [7, 11) is 1.33. The van der Waals surface area contributed by atoms with Crippen LogP contribution in [0.3, 0.4) is 0 Å². The molecule has 0 fully saturated rings. The molecule has 0 spiro atoms. The van der Waals surface area contributed by atoms with Crippen LogP contribution < -0.4 is 5.32 Å². The molecule has 1 N–H and O–H groups in total. The van der Waals surface area contributed by atoms with Gasteiger partial charge in [0, 0.05) is 13.0 Å². The lowest BCUT2D eigenvalue weighted by Gasteiger charge is -2.17. The Morgan fingerprint density at radius 2 is 1.78 bits per heavy atom. The Hall–Kier alpha value is -1.10. The van der Waals surface area contributed by atoms with E-state index in [0.29, 0.717) is 6.54 Å². The Morgan fingerprint density at radius 3 is 2.33 bits per heavy atom. The van der Waals surface area contributed by atoms with Crippen molar-refractivity contribution in [3.63, 3.8) is 0 Å². The normalized spacial score (nSPS) is 10.4. The number of hydrogen-bond donors (Lipinski definition) is 1. The van der Waals surface area contributed by atoms with E-state index in [9.17, 15) is 9.59 Å². The van der Waals surface area contributed by atoms with Crippen molar-refractivity contribution >= 4 is 11.9 Å². The molecule has 0 radical (unpaired) electrons. The van der Waals surface area contributed by atoms with Gasteiger partial charge in [0.25, 0.3) is 0 Å². The van der Waals surface area contributed by atoms with E-state index in [0.717, 1.165) is 32.5 Å². The highest BCUT2D eigenvalue weighted by Gasteiger charge is 2.06. The van der Waals surface area contributed by atoms with E-state index < -0.39 is 0 Å². The summed E-state index contributed by atoms with van der Waals surface area (Å²) in [4.78, 5) is 24.5. The van der Waals surface area contributed by atoms with Gasteiger partial charge >= 0.3 is 5.97 Å². The molecule has 0 aliphatic heterocycles. The summed E-state index contributed by atoms with van der Waals surface area (Å²) in [6, 6.07) is 0. The van der Waals surface area contributed by atoms with Crippen LogP contribution in [0, 0.1) is 0 Å². The molecule has 5 nitrogen and oxygen atoms in total. The number of esters is 1. The summed E-state index contributed by atoms with van der Waals surface area (Å²) < 4.78 is 4.47. The fourth-order valence-electron chi connectivity index (χ4n) is 1.63. The lowest BCUT2D eigenvalue weighted by molar-refractivity contribution is -0.142. The van der Waals surface area contributed by atoms with Crippen LogP contribution in [0.5, 0.6) is 0 Å². The topological polar surface area (TPSA) is 58.6 Å². The number of ether oxygens (including phenoxy) is 1. The van der Waals surface area contributed by atoms with Gasteiger partial charge in [0.2, 0.25) is 5.91 Å². The molecule has 0 aliphatic rings. The van der Waals surface area contributed by atoms with Crippen LogP contribution in [0.25, 0.3) is 0 Å². The number of unbranched alkanes of at least 4 members (excludes halogenated alkanes) is 1. The molecule has 0 saturated carbocycles. The first-order valence-electron chi connectivity index (χ1n) is 6.69. The maximum atomic E-state index is 11.3. The molecule has 18 heavy (non-hydrogen) atoms. The van der Waals surface area contributed by atoms with Gasteiger partial charge < -0.3 is 15.0 Å². The van der Waals surface area contributed by atoms with E-state index in [1.807, 2.05) is 0 Å². The molecule has 0 heterocycles. The van der Waals surface area contributed by atoms with Crippen LogP contribution >= 0.6 is 0 Å². The minimum atomic E-state index is -0.341. The van der Waals surface area contributed by atoms with Crippen molar-refractivity contribution in [3.8, 4) is 0 Å². The molecule has 0 unspecified atom stereocenters. The molecule has 0 saturated heterocycles. The summed E-state index contributed by atoms with van der Waals surface area (Å²) in [6.07, 6.45) is 2.42. The second kappa shape index (κ2) is 11.0. The van der Waals surface area contributed by atoms with Gasteiger partial charge in [-0.05, 0) is 32.5 Å². The molecule has 0 rings (SSSR count). The number of nitrogens with zero attached hydrogens (tertiary/aromatic N) is 1. The second-order valence-electron chi connectivity index (χ2n) is 4.16. The number of rotatable bonds is 10. The van der Waals surface area contributed by atoms with Gasteiger partial charge in [-0.25, -0.2) is 0 Å². The summed E-state index contributed by atoms with van der Waals surface area (Å²) in [5, 5.41) is 2.81. The van der Waals surface area contributed by atoms with Crippen molar-refractivity contribution in [3.05, 3.63) is 0 Å². The SMILES string of the molecule is CCN(CC)CCCCNC(=O)CCC(=O)OC. The molecular formula is C13H26N2O3. The van der Waals surface area contributed by atoms with Gasteiger partial charge in [-0.15, -0.1) is 0 Å². The van der Waals surface area contributed by atoms with Gasteiger partial charge in [0.1, 0.15) is 0 Å². The summed E-state index contributed by atoms with van der Waals surface area (Å²) in [6.45, 7) is 8.20. The first-order chi connectivity index (χ1) is 8.63. The van der Waals surface area contributed by atoms with Crippen molar-refractivity contribution in [2.24, 2.45) is 0 Å². The largest absolute Gasteiger partial charge is 0.469 e. The maximum Gasteiger partial charge on any atom is 0.306 e. The number of nitrogens with one attached hydrogen (secondary N) is 1. The zero-order chi connectivity index (χ0) is 13.8. The van der Waals surface area contributed by atoms with Crippen LogP contribution in [-0.4, -0.2) is 50.1 Å². The number of carbonyl (C=O) groups excluding carboxylic acids is 2. The fourth-order valence-corrected chi connectivity index (χ4v) is 1.63. The second-order valence-corrected chi connectivity index (χ2v) is 4.16. The first kappa shape index (κ1) is 16.9. The van der Waals surface area contributed by atoms with Crippen LogP contribution in [-0.2, 0) is 14.3 Å². The summed E-state index contributed by atoms with van der Waals surface area (Å²) >= 11 is 0. The van der Waals surface area contributed by atoms with Crippen LogP contribution in [0.15, 0.2) is 0 Å². The van der Waals surface area contributed by atoms with Crippen molar-refractivity contribution in [2.75, 3.05) is 33.3 Å². The molecule has 0 aromatic carbocycles. The van der Waals surface area contributed by atoms with E-state index in [1.165, 1.54) is 7.11 Å². The van der Waals surface area contributed by atoms with E-state index >= 15 is 0 Å². The molecule has 5 heteroatoms. The van der Waals surface area contributed by atoms with Crippen LogP contribution in [0.2, 0.25) is 0 Å².